The molecule has 0 fully saturated rings. The first kappa shape index (κ1) is 17.8. The predicted molar refractivity (Wildman–Crippen MR) is 86.1 cm³/mol. The Kier molecular flexibility index (Phi) is 8.87. The third-order valence-electron chi connectivity index (χ3n) is 3.03. The van der Waals surface area contributed by atoms with Crippen LogP contribution in [0.5, 0.6) is 11.5 Å². The predicted octanol–water partition coefficient (Wildman–Crippen LogP) is 3.25. The number of methoxy groups -OCH3 is 1. The normalized spacial score (nSPS) is 10.9. The second-order valence-corrected chi connectivity index (χ2v) is 5.40. The van der Waals surface area contributed by atoms with Crippen LogP contribution in [-0.2, 0) is 11.3 Å². The molecule has 0 bridgehead atoms. The van der Waals surface area contributed by atoms with E-state index < -0.39 is 0 Å². The van der Waals surface area contributed by atoms with Gasteiger partial charge in [-0.2, -0.15) is 0 Å². The summed E-state index contributed by atoms with van der Waals surface area (Å²) >= 11 is 0. The number of ether oxygens (including phenoxy) is 3. The fourth-order valence-electron chi connectivity index (χ4n) is 1.94. The van der Waals surface area contributed by atoms with Gasteiger partial charge in [0.25, 0.3) is 0 Å². The van der Waals surface area contributed by atoms with E-state index in [1.807, 2.05) is 25.1 Å². The summed E-state index contributed by atoms with van der Waals surface area (Å²) < 4.78 is 16.5. The van der Waals surface area contributed by atoms with Gasteiger partial charge in [0.2, 0.25) is 0 Å². The maximum Gasteiger partial charge on any atom is 0.124 e. The van der Waals surface area contributed by atoms with Gasteiger partial charge in [-0.05, 0) is 37.6 Å². The molecule has 0 spiro atoms. The standard InChI is InChI=1S/C17H29NO3/c1-5-20-9-6-10-21-17-8-7-16(19-4)11-15(17)13-18-12-14(2)3/h7-8,11,14,18H,5-6,9-10,12-13H2,1-4H3. The Labute approximate surface area is 128 Å². The number of nitrogens with one attached hydrogen (secondary N) is 1. The number of hydrogen-bond donors (Lipinski definition) is 1. The second-order valence-electron chi connectivity index (χ2n) is 5.40. The Morgan fingerprint density at radius 2 is 2.00 bits per heavy atom. The van der Waals surface area contributed by atoms with Crippen molar-refractivity contribution in [3.8, 4) is 11.5 Å². The Morgan fingerprint density at radius 3 is 2.67 bits per heavy atom. The van der Waals surface area contributed by atoms with Gasteiger partial charge in [0.05, 0.1) is 13.7 Å². The van der Waals surface area contributed by atoms with Gasteiger partial charge in [-0.25, -0.2) is 0 Å². The second kappa shape index (κ2) is 10.5. The molecule has 1 aromatic rings. The van der Waals surface area contributed by atoms with E-state index in [0.29, 0.717) is 12.5 Å². The zero-order valence-electron chi connectivity index (χ0n) is 13.8. The van der Waals surface area contributed by atoms with Gasteiger partial charge in [0.1, 0.15) is 11.5 Å². The van der Waals surface area contributed by atoms with E-state index in [1.165, 1.54) is 0 Å². The molecule has 0 aliphatic heterocycles. The molecule has 4 nitrogen and oxygen atoms in total. The Morgan fingerprint density at radius 1 is 1.19 bits per heavy atom. The molecule has 0 saturated carbocycles. The summed E-state index contributed by atoms with van der Waals surface area (Å²) in [5, 5.41) is 3.44. The van der Waals surface area contributed by atoms with Crippen molar-refractivity contribution in [2.75, 3.05) is 33.5 Å². The van der Waals surface area contributed by atoms with Crippen LogP contribution in [0, 0.1) is 5.92 Å². The summed E-state index contributed by atoms with van der Waals surface area (Å²) in [6.45, 7) is 10.3. The maximum absolute atomic E-state index is 5.87. The molecule has 21 heavy (non-hydrogen) atoms. The Bertz CT molecular complexity index is 394. The molecule has 0 heterocycles. The monoisotopic (exact) mass is 295 g/mol. The van der Waals surface area contributed by atoms with Gasteiger partial charge in [-0.15, -0.1) is 0 Å². The van der Waals surface area contributed by atoms with Gasteiger partial charge in [0.15, 0.2) is 0 Å². The summed E-state index contributed by atoms with van der Waals surface area (Å²) in [4.78, 5) is 0. The highest BCUT2D eigenvalue weighted by molar-refractivity contribution is 5.40. The molecule has 4 heteroatoms. The highest BCUT2D eigenvalue weighted by atomic mass is 16.5. The topological polar surface area (TPSA) is 39.7 Å². The Hall–Kier alpha value is -1.26. The summed E-state index contributed by atoms with van der Waals surface area (Å²) in [6.07, 6.45) is 0.902. The van der Waals surface area contributed by atoms with Gasteiger partial charge < -0.3 is 19.5 Å². The lowest BCUT2D eigenvalue weighted by Gasteiger charge is -2.14. The summed E-state index contributed by atoms with van der Waals surface area (Å²) in [7, 11) is 1.68. The van der Waals surface area contributed by atoms with Crippen LogP contribution in [0.1, 0.15) is 32.8 Å². The van der Waals surface area contributed by atoms with Crippen molar-refractivity contribution in [2.24, 2.45) is 5.92 Å². The van der Waals surface area contributed by atoms with Crippen LogP contribution < -0.4 is 14.8 Å². The quantitative estimate of drug-likeness (QED) is 0.636. The van der Waals surface area contributed by atoms with Gasteiger partial charge in [-0.1, -0.05) is 13.8 Å². The van der Waals surface area contributed by atoms with Gasteiger partial charge >= 0.3 is 0 Å². The van der Waals surface area contributed by atoms with E-state index in [1.54, 1.807) is 7.11 Å². The Balaban J connectivity index is 2.54. The molecule has 0 unspecified atom stereocenters. The molecule has 0 atom stereocenters. The molecule has 0 aromatic heterocycles. The van der Waals surface area contributed by atoms with E-state index in [9.17, 15) is 0 Å². The van der Waals surface area contributed by atoms with E-state index in [4.69, 9.17) is 14.2 Å². The highest BCUT2D eigenvalue weighted by Gasteiger charge is 2.06. The molecule has 1 aromatic carbocycles. The average molecular weight is 295 g/mol. The lowest BCUT2D eigenvalue weighted by molar-refractivity contribution is 0.130. The fourth-order valence-corrected chi connectivity index (χ4v) is 1.94. The zero-order chi connectivity index (χ0) is 15.5. The largest absolute Gasteiger partial charge is 0.497 e. The van der Waals surface area contributed by atoms with Crippen molar-refractivity contribution in [2.45, 2.75) is 33.7 Å². The lowest BCUT2D eigenvalue weighted by atomic mass is 10.1. The maximum atomic E-state index is 5.87. The molecule has 1 rings (SSSR count). The molecule has 0 radical (unpaired) electrons. The SMILES string of the molecule is CCOCCCOc1ccc(OC)cc1CNCC(C)C. The van der Waals surface area contributed by atoms with Crippen molar-refractivity contribution in [3.05, 3.63) is 23.8 Å². The minimum Gasteiger partial charge on any atom is -0.497 e. The third kappa shape index (κ3) is 7.34. The van der Waals surface area contributed by atoms with Gasteiger partial charge in [0, 0.05) is 31.7 Å². The first-order valence-electron chi connectivity index (χ1n) is 7.75. The van der Waals surface area contributed by atoms with Crippen LogP contribution in [0.4, 0.5) is 0 Å². The third-order valence-corrected chi connectivity index (χ3v) is 3.03. The number of hydrogen-bond acceptors (Lipinski definition) is 4. The molecule has 0 saturated heterocycles. The van der Waals surface area contributed by atoms with E-state index >= 15 is 0 Å². The van der Waals surface area contributed by atoms with Crippen molar-refractivity contribution >= 4 is 0 Å². The van der Waals surface area contributed by atoms with Gasteiger partial charge in [-0.3, -0.25) is 0 Å². The molecule has 0 aliphatic carbocycles. The fraction of sp³-hybridized carbons (Fsp3) is 0.647. The van der Waals surface area contributed by atoms with E-state index in [-0.39, 0.29) is 0 Å². The number of rotatable bonds is 11. The molecule has 120 valence electrons. The average Bonchev–Trinajstić information content (AvgIpc) is 2.47. The highest BCUT2D eigenvalue weighted by Crippen LogP contribution is 2.24. The minimum absolute atomic E-state index is 0.631. The smallest absolute Gasteiger partial charge is 0.124 e. The summed E-state index contributed by atoms with van der Waals surface area (Å²) in [6, 6.07) is 5.95. The van der Waals surface area contributed by atoms with Crippen molar-refractivity contribution < 1.29 is 14.2 Å². The van der Waals surface area contributed by atoms with Crippen LogP contribution in [0.25, 0.3) is 0 Å². The van der Waals surface area contributed by atoms with Crippen LogP contribution in [0.2, 0.25) is 0 Å². The molecule has 0 aliphatic rings. The first-order chi connectivity index (χ1) is 10.2. The van der Waals surface area contributed by atoms with Crippen molar-refractivity contribution in [3.63, 3.8) is 0 Å². The van der Waals surface area contributed by atoms with Crippen molar-refractivity contribution in [1.29, 1.82) is 0 Å². The first-order valence-corrected chi connectivity index (χ1v) is 7.75. The molecule has 1 N–H and O–H groups in total. The van der Waals surface area contributed by atoms with Crippen molar-refractivity contribution in [1.82, 2.24) is 5.32 Å². The van der Waals surface area contributed by atoms with Crippen LogP contribution in [0.15, 0.2) is 18.2 Å². The van der Waals surface area contributed by atoms with E-state index in [2.05, 4.69) is 19.2 Å². The molecular formula is C17H29NO3. The van der Waals surface area contributed by atoms with Crippen LogP contribution in [0.3, 0.4) is 0 Å². The summed E-state index contributed by atoms with van der Waals surface area (Å²) in [5.41, 5.74) is 1.13. The van der Waals surface area contributed by atoms with Crippen LogP contribution in [-0.4, -0.2) is 33.5 Å². The number of benzene rings is 1. The molecular weight excluding hydrogens is 266 g/mol. The summed E-state index contributed by atoms with van der Waals surface area (Å²) in [5.74, 6) is 2.41. The van der Waals surface area contributed by atoms with E-state index in [0.717, 1.165) is 49.8 Å². The molecule has 0 amide bonds. The zero-order valence-corrected chi connectivity index (χ0v) is 13.8. The lowest BCUT2D eigenvalue weighted by Crippen LogP contribution is -2.19. The van der Waals surface area contributed by atoms with Crippen LogP contribution >= 0.6 is 0 Å². The minimum atomic E-state index is 0.631.